The van der Waals surface area contributed by atoms with Crippen molar-refractivity contribution in [2.45, 2.75) is 6.10 Å². The van der Waals surface area contributed by atoms with E-state index in [1.165, 1.54) is 12.1 Å². The van der Waals surface area contributed by atoms with Gasteiger partial charge in [-0.1, -0.05) is 23.7 Å². The van der Waals surface area contributed by atoms with Crippen LogP contribution in [0.3, 0.4) is 0 Å². The maximum Gasteiger partial charge on any atom is 0.319 e. The molecule has 0 aliphatic heterocycles. The molecule has 3 N–H and O–H groups in total. The molecule has 1 atom stereocenters. The van der Waals surface area contributed by atoms with Gasteiger partial charge in [-0.25, -0.2) is 13.9 Å². The van der Waals surface area contributed by atoms with Crippen LogP contribution in [0.15, 0.2) is 48.8 Å². The average molecular weight is 419 g/mol. The van der Waals surface area contributed by atoms with Crippen molar-refractivity contribution in [1.29, 1.82) is 0 Å². The first kappa shape index (κ1) is 20.6. The van der Waals surface area contributed by atoms with Gasteiger partial charge in [-0.3, -0.25) is 0 Å². The van der Waals surface area contributed by atoms with Crippen molar-refractivity contribution in [3.63, 3.8) is 0 Å². The summed E-state index contributed by atoms with van der Waals surface area (Å²) in [6.07, 6.45) is 0.509. The van der Waals surface area contributed by atoms with Crippen molar-refractivity contribution < 1.29 is 14.3 Å². The largest absolute Gasteiger partial charge is 0.387 e. The third kappa shape index (κ3) is 5.21. The summed E-state index contributed by atoms with van der Waals surface area (Å²) >= 11 is 5.63. The Balaban J connectivity index is 1.59. The highest BCUT2D eigenvalue weighted by Gasteiger charge is 2.12. The Morgan fingerprint density at radius 2 is 2.10 bits per heavy atom. The van der Waals surface area contributed by atoms with Crippen molar-refractivity contribution in [2.75, 3.05) is 30.9 Å². The smallest absolute Gasteiger partial charge is 0.319 e. The van der Waals surface area contributed by atoms with E-state index in [4.69, 9.17) is 11.6 Å². The Morgan fingerprint density at radius 3 is 2.79 bits per heavy atom. The molecular weight excluding hydrogens is 399 g/mol. The van der Waals surface area contributed by atoms with Crippen molar-refractivity contribution in [1.82, 2.24) is 20.1 Å². The number of urea groups is 1. The Hall–Kier alpha value is -3.17. The fourth-order valence-corrected chi connectivity index (χ4v) is 2.63. The quantitative estimate of drug-likeness (QED) is 0.572. The van der Waals surface area contributed by atoms with Crippen molar-refractivity contribution >= 4 is 29.3 Å². The molecule has 8 nitrogen and oxygen atoms in total. The van der Waals surface area contributed by atoms with E-state index >= 15 is 0 Å². The minimum absolute atomic E-state index is 0.0309. The van der Waals surface area contributed by atoms with E-state index in [-0.39, 0.29) is 11.6 Å². The second-order valence-electron chi connectivity index (χ2n) is 6.46. The number of benzene rings is 2. The van der Waals surface area contributed by atoms with E-state index in [0.717, 1.165) is 11.8 Å². The molecule has 152 valence electrons. The number of carbonyl (C=O) groups excluding carboxylic acids is 1. The molecular formula is C19H20ClFN6O2. The molecule has 0 spiro atoms. The first-order chi connectivity index (χ1) is 13.8. The number of amides is 2. The number of carbonyl (C=O) groups is 1. The summed E-state index contributed by atoms with van der Waals surface area (Å²) in [5.74, 6) is -0.0660. The minimum Gasteiger partial charge on any atom is -0.387 e. The zero-order valence-corrected chi connectivity index (χ0v) is 16.6. The third-order valence-electron chi connectivity index (χ3n) is 4.03. The number of hydrogen-bond donors (Lipinski definition) is 3. The Labute approximate surface area is 171 Å². The monoisotopic (exact) mass is 418 g/mol. The first-order valence-corrected chi connectivity index (χ1v) is 9.08. The zero-order valence-electron chi connectivity index (χ0n) is 15.8. The molecule has 0 aliphatic carbocycles. The molecule has 0 fully saturated rings. The summed E-state index contributed by atoms with van der Waals surface area (Å²) in [7, 11) is 3.68. The number of hydrogen-bond acceptors (Lipinski definition) is 5. The summed E-state index contributed by atoms with van der Waals surface area (Å²) in [6.45, 7) is -0.0954. The van der Waals surface area contributed by atoms with E-state index in [9.17, 15) is 14.3 Å². The molecule has 0 radical (unpaired) electrons. The number of nitrogens with zero attached hydrogens (tertiary/aromatic N) is 4. The number of halogens is 2. The summed E-state index contributed by atoms with van der Waals surface area (Å²) < 4.78 is 15.1. The van der Waals surface area contributed by atoms with Gasteiger partial charge in [0.15, 0.2) is 0 Å². The van der Waals surface area contributed by atoms with Gasteiger partial charge in [-0.05, 0) is 35.9 Å². The fourth-order valence-electron chi connectivity index (χ4n) is 2.51. The van der Waals surface area contributed by atoms with Gasteiger partial charge in [0, 0.05) is 26.3 Å². The highest BCUT2D eigenvalue weighted by Crippen LogP contribution is 2.20. The second-order valence-corrected chi connectivity index (χ2v) is 6.87. The Morgan fingerprint density at radius 1 is 1.31 bits per heavy atom. The number of aromatic nitrogens is 3. The lowest BCUT2D eigenvalue weighted by Crippen LogP contribution is -2.32. The van der Waals surface area contributed by atoms with Gasteiger partial charge < -0.3 is 20.6 Å². The predicted molar refractivity (Wildman–Crippen MR) is 109 cm³/mol. The zero-order chi connectivity index (χ0) is 21.0. The molecule has 0 saturated heterocycles. The molecule has 0 unspecified atom stereocenters. The van der Waals surface area contributed by atoms with Crippen LogP contribution in [0.4, 0.5) is 20.8 Å². The van der Waals surface area contributed by atoms with E-state index in [1.54, 1.807) is 34.1 Å². The molecule has 29 heavy (non-hydrogen) atoms. The van der Waals surface area contributed by atoms with Gasteiger partial charge in [0.05, 0.1) is 16.8 Å². The molecule has 10 heteroatoms. The number of aliphatic hydroxyl groups excluding tert-OH is 1. The van der Waals surface area contributed by atoms with Gasteiger partial charge >= 0.3 is 6.03 Å². The number of anilines is 2. The standard InChI is InChI=1S/C19H20ClFN6O2/c1-26(2)18-23-11-27(25-18)14-5-3-4-13(9-14)24-19(29)22-10-17(28)12-6-7-15(20)16(21)8-12/h3-9,11,17,28H,10H2,1-2H3,(H2,22,24,29)/t17-/m0/s1. The van der Waals surface area contributed by atoms with E-state index < -0.39 is 18.0 Å². The summed E-state index contributed by atoms with van der Waals surface area (Å²) in [5, 5.41) is 19.6. The van der Waals surface area contributed by atoms with Crippen LogP contribution in [0.25, 0.3) is 5.69 Å². The van der Waals surface area contributed by atoms with E-state index in [0.29, 0.717) is 17.2 Å². The van der Waals surface area contributed by atoms with Gasteiger partial charge in [-0.2, -0.15) is 4.98 Å². The van der Waals surface area contributed by atoms with E-state index in [1.807, 2.05) is 20.2 Å². The first-order valence-electron chi connectivity index (χ1n) is 8.71. The maximum atomic E-state index is 13.5. The maximum absolute atomic E-state index is 13.5. The lowest BCUT2D eigenvalue weighted by Gasteiger charge is -2.14. The number of aliphatic hydroxyl groups is 1. The van der Waals surface area contributed by atoms with Gasteiger partial charge in [0.1, 0.15) is 12.1 Å². The minimum atomic E-state index is -1.07. The highest BCUT2D eigenvalue weighted by atomic mass is 35.5. The summed E-state index contributed by atoms with van der Waals surface area (Å²) in [6, 6.07) is 10.5. The Kier molecular flexibility index (Phi) is 6.30. The van der Waals surface area contributed by atoms with Crippen LogP contribution in [0, 0.1) is 5.82 Å². The molecule has 0 bridgehead atoms. The van der Waals surface area contributed by atoms with Crippen LogP contribution in [0.1, 0.15) is 11.7 Å². The lowest BCUT2D eigenvalue weighted by molar-refractivity contribution is 0.174. The van der Waals surface area contributed by atoms with Crippen molar-refractivity contribution in [3.8, 4) is 5.69 Å². The normalized spacial score (nSPS) is 11.8. The summed E-state index contributed by atoms with van der Waals surface area (Å²) in [4.78, 5) is 18.1. The van der Waals surface area contributed by atoms with Crippen molar-refractivity contribution in [3.05, 3.63) is 65.2 Å². The molecule has 0 saturated carbocycles. The van der Waals surface area contributed by atoms with Gasteiger partial charge in [0.2, 0.25) is 5.95 Å². The molecule has 2 aromatic carbocycles. The highest BCUT2D eigenvalue weighted by molar-refractivity contribution is 6.30. The summed E-state index contributed by atoms with van der Waals surface area (Å²) in [5.41, 5.74) is 1.58. The molecule has 1 heterocycles. The third-order valence-corrected chi connectivity index (χ3v) is 4.34. The van der Waals surface area contributed by atoms with Gasteiger partial charge in [-0.15, -0.1) is 5.10 Å². The SMILES string of the molecule is CN(C)c1ncn(-c2cccc(NC(=O)NC[C@H](O)c3ccc(Cl)c(F)c3)c2)n1. The second kappa shape index (κ2) is 8.89. The van der Waals surface area contributed by atoms with Crippen LogP contribution >= 0.6 is 11.6 Å². The van der Waals surface area contributed by atoms with Crippen LogP contribution < -0.4 is 15.5 Å². The molecule has 3 aromatic rings. The average Bonchev–Trinajstić information content (AvgIpc) is 3.19. The van der Waals surface area contributed by atoms with Crippen LogP contribution in [-0.4, -0.2) is 46.5 Å². The van der Waals surface area contributed by atoms with Crippen molar-refractivity contribution in [2.24, 2.45) is 0 Å². The lowest BCUT2D eigenvalue weighted by atomic mass is 10.1. The van der Waals surface area contributed by atoms with Crippen LogP contribution in [-0.2, 0) is 0 Å². The Bertz CT molecular complexity index is 1010. The fraction of sp³-hybridized carbons (Fsp3) is 0.211. The molecule has 3 rings (SSSR count). The van der Waals surface area contributed by atoms with Crippen LogP contribution in [0.2, 0.25) is 5.02 Å². The number of nitrogens with one attached hydrogen (secondary N) is 2. The van der Waals surface area contributed by atoms with E-state index in [2.05, 4.69) is 20.7 Å². The molecule has 2 amide bonds. The van der Waals surface area contributed by atoms with Gasteiger partial charge in [0.25, 0.3) is 0 Å². The number of rotatable bonds is 6. The molecule has 0 aliphatic rings. The van der Waals surface area contributed by atoms with Crippen LogP contribution in [0.5, 0.6) is 0 Å². The topological polar surface area (TPSA) is 95.3 Å². The predicted octanol–water partition coefficient (Wildman–Crippen LogP) is 2.98. The molecule has 1 aromatic heterocycles.